The maximum absolute atomic E-state index is 13.6. The Balaban J connectivity index is 1.81. The number of ether oxygens (including phenoxy) is 2. The normalized spacial score (nSPS) is 23.2. The van der Waals surface area contributed by atoms with E-state index < -0.39 is 18.4 Å². The summed E-state index contributed by atoms with van der Waals surface area (Å²) in [7, 11) is 1.49. The van der Waals surface area contributed by atoms with Crippen LogP contribution in [-0.4, -0.2) is 43.5 Å². The van der Waals surface area contributed by atoms with Crippen molar-refractivity contribution in [3.8, 4) is 0 Å². The fourth-order valence-electron chi connectivity index (χ4n) is 2.13. The first kappa shape index (κ1) is 13.8. The van der Waals surface area contributed by atoms with E-state index in [-0.39, 0.29) is 13.2 Å². The van der Waals surface area contributed by atoms with E-state index in [0.717, 1.165) is 5.56 Å². The van der Waals surface area contributed by atoms with Crippen LogP contribution in [0.5, 0.6) is 0 Å². The molecule has 1 heterocycles. The molecule has 5 heteroatoms. The molecule has 0 radical (unpaired) electrons. The third-order valence-electron chi connectivity index (χ3n) is 3.25. The highest BCUT2D eigenvalue weighted by Gasteiger charge is 2.32. The third kappa shape index (κ3) is 3.67. The Morgan fingerprint density at radius 1 is 1.42 bits per heavy atom. The summed E-state index contributed by atoms with van der Waals surface area (Å²) in [6.45, 7) is 0.708. The molecule has 1 aliphatic heterocycles. The van der Waals surface area contributed by atoms with E-state index in [2.05, 4.69) is 0 Å². The smallest absolute Gasteiger partial charge is 0.410 e. The van der Waals surface area contributed by atoms with Crippen LogP contribution in [0.2, 0.25) is 0 Å². The molecule has 19 heavy (non-hydrogen) atoms. The first-order valence-corrected chi connectivity index (χ1v) is 6.33. The van der Waals surface area contributed by atoms with Crippen LogP contribution >= 0.6 is 0 Å². The lowest BCUT2D eigenvalue weighted by Gasteiger charge is -2.33. The fraction of sp³-hybridized carbons (Fsp3) is 0.500. The molecule has 0 N–H and O–H groups in total. The van der Waals surface area contributed by atoms with Gasteiger partial charge in [-0.15, -0.1) is 0 Å². The van der Waals surface area contributed by atoms with Crippen LogP contribution < -0.4 is 0 Å². The summed E-state index contributed by atoms with van der Waals surface area (Å²) in [5.41, 5.74) is 0.916. The number of nitrogens with zero attached hydrogens (tertiary/aromatic N) is 1. The van der Waals surface area contributed by atoms with Crippen molar-refractivity contribution < 1.29 is 18.7 Å². The van der Waals surface area contributed by atoms with Gasteiger partial charge in [-0.3, -0.25) is 0 Å². The third-order valence-corrected chi connectivity index (χ3v) is 3.25. The molecule has 0 aliphatic carbocycles. The van der Waals surface area contributed by atoms with E-state index in [1.165, 1.54) is 12.0 Å². The van der Waals surface area contributed by atoms with E-state index in [1.807, 2.05) is 30.3 Å². The highest BCUT2D eigenvalue weighted by Crippen LogP contribution is 2.17. The van der Waals surface area contributed by atoms with Gasteiger partial charge in [-0.05, 0) is 12.0 Å². The number of carbonyl (C=O) groups is 1. The zero-order chi connectivity index (χ0) is 13.7. The van der Waals surface area contributed by atoms with Gasteiger partial charge < -0.3 is 14.4 Å². The Morgan fingerprint density at radius 2 is 2.16 bits per heavy atom. The van der Waals surface area contributed by atoms with Crippen molar-refractivity contribution in [3.63, 3.8) is 0 Å². The van der Waals surface area contributed by atoms with E-state index in [0.29, 0.717) is 13.0 Å². The molecule has 0 spiro atoms. The molecule has 0 unspecified atom stereocenters. The number of rotatable bonds is 3. The van der Waals surface area contributed by atoms with Crippen LogP contribution in [0.1, 0.15) is 12.0 Å². The maximum Gasteiger partial charge on any atom is 0.410 e. The lowest BCUT2D eigenvalue weighted by atomic mass is 10.1. The maximum atomic E-state index is 13.6. The fourth-order valence-corrected chi connectivity index (χ4v) is 2.13. The summed E-state index contributed by atoms with van der Waals surface area (Å²) in [6.07, 6.45) is -1.54. The first-order valence-electron chi connectivity index (χ1n) is 6.33. The van der Waals surface area contributed by atoms with Crippen molar-refractivity contribution in [1.82, 2.24) is 4.90 Å². The van der Waals surface area contributed by atoms with Gasteiger partial charge in [-0.25, -0.2) is 9.18 Å². The minimum absolute atomic E-state index is 0.0339. The lowest BCUT2D eigenvalue weighted by Crippen LogP contribution is -2.48. The molecule has 0 bridgehead atoms. The number of likely N-dealkylation sites (tertiary alicyclic amines) is 1. The summed E-state index contributed by atoms with van der Waals surface area (Å²) in [6, 6.07) is 9.41. The van der Waals surface area contributed by atoms with Gasteiger partial charge in [0.15, 0.2) is 0 Å². The standard InChI is InChI=1S/C14H18FNO3/c1-18-13-7-8-16(9-12(13)15)14(17)19-10-11-5-3-2-4-6-11/h2-6,12-13H,7-10H2,1H3/t12-,13-/m0/s1. The van der Waals surface area contributed by atoms with Crippen molar-refractivity contribution in [1.29, 1.82) is 0 Å². The molecule has 1 saturated heterocycles. The molecule has 1 aromatic carbocycles. The van der Waals surface area contributed by atoms with E-state index >= 15 is 0 Å². The molecule has 2 rings (SSSR count). The molecule has 1 aliphatic rings. The average molecular weight is 267 g/mol. The summed E-state index contributed by atoms with van der Waals surface area (Å²) < 4.78 is 23.8. The molecule has 1 fully saturated rings. The Morgan fingerprint density at radius 3 is 2.79 bits per heavy atom. The van der Waals surface area contributed by atoms with Crippen molar-refractivity contribution in [3.05, 3.63) is 35.9 Å². The number of hydrogen-bond donors (Lipinski definition) is 0. The number of benzene rings is 1. The number of alkyl halides is 1. The van der Waals surface area contributed by atoms with Crippen LogP contribution in [0.15, 0.2) is 30.3 Å². The predicted octanol–water partition coefficient (Wildman–Crippen LogP) is 2.38. The Labute approximate surface area is 112 Å². The number of hydrogen-bond acceptors (Lipinski definition) is 3. The second-order valence-corrected chi connectivity index (χ2v) is 4.57. The summed E-state index contributed by atoms with van der Waals surface area (Å²) in [5, 5.41) is 0. The van der Waals surface area contributed by atoms with E-state index in [1.54, 1.807) is 0 Å². The van der Waals surface area contributed by atoms with E-state index in [4.69, 9.17) is 9.47 Å². The van der Waals surface area contributed by atoms with Gasteiger partial charge in [-0.2, -0.15) is 0 Å². The topological polar surface area (TPSA) is 38.8 Å². The van der Waals surface area contributed by atoms with Gasteiger partial charge >= 0.3 is 6.09 Å². The van der Waals surface area contributed by atoms with Crippen molar-refractivity contribution in [2.45, 2.75) is 25.3 Å². The summed E-state index contributed by atoms with van der Waals surface area (Å²) in [4.78, 5) is 13.2. The minimum Gasteiger partial charge on any atom is -0.445 e. The first-order chi connectivity index (χ1) is 9.20. The van der Waals surface area contributed by atoms with Gasteiger partial charge in [0.2, 0.25) is 0 Å². The van der Waals surface area contributed by atoms with E-state index in [9.17, 15) is 9.18 Å². The van der Waals surface area contributed by atoms with Gasteiger partial charge in [0.25, 0.3) is 0 Å². The van der Waals surface area contributed by atoms with Crippen molar-refractivity contribution in [2.75, 3.05) is 20.2 Å². The van der Waals surface area contributed by atoms with Crippen LogP contribution in [0, 0.1) is 0 Å². The Hall–Kier alpha value is -1.62. The van der Waals surface area contributed by atoms with Crippen molar-refractivity contribution >= 4 is 6.09 Å². The van der Waals surface area contributed by atoms with Crippen LogP contribution in [0.25, 0.3) is 0 Å². The highest BCUT2D eigenvalue weighted by atomic mass is 19.1. The lowest BCUT2D eigenvalue weighted by molar-refractivity contribution is -0.0222. The molecule has 0 aromatic heterocycles. The van der Waals surface area contributed by atoms with Gasteiger partial charge in [0, 0.05) is 13.7 Å². The number of halogens is 1. The molecule has 104 valence electrons. The average Bonchev–Trinajstić information content (AvgIpc) is 2.45. The molecule has 1 amide bonds. The Bertz CT molecular complexity index is 412. The largest absolute Gasteiger partial charge is 0.445 e. The molecular weight excluding hydrogens is 249 g/mol. The molecule has 0 saturated carbocycles. The zero-order valence-corrected chi connectivity index (χ0v) is 10.9. The molecule has 2 atom stereocenters. The monoisotopic (exact) mass is 267 g/mol. The summed E-state index contributed by atoms with van der Waals surface area (Å²) in [5.74, 6) is 0. The predicted molar refractivity (Wildman–Crippen MR) is 68.5 cm³/mol. The molecule has 1 aromatic rings. The second-order valence-electron chi connectivity index (χ2n) is 4.57. The van der Waals surface area contributed by atoms with Crippen molar-refractivity contribution in [2.24, 2.45) is 0 Å². The number of methoxy groups -OCH3 is 1. The zero-order valence-electron chi connectivity index (χ0n) is 10.9. The number of carbonyl (C=O) groups excluding carboxylic acids is 1. The van der Waals surface area contributed by atoms with Gasteiger partial charge in [0.1, 0.15) is 12.8 Å². The highest BCUT2D eigenvalue weighted by molar-refractivity contribution is 5.67. The second kappa shape index (κ2) is 6.52. The molecular formula is C14H18FNO3. The van der Waals surface area contributed by atoms with Crippen LogP contribution in [0.4, 0.5) is 9.18 Å². The number of piperidine rings is 1. The number of amides is 1. The summed E-state index contributed by atoms with van der Waals surface area (Å²) >= 11 is 0. The SMILES string of the molecule is CO[C@H]1CCN(C(=O)OCc2ccccc2)C[C@@H]1F. The van der Waals surface area contributed by atoms with Crippen LogP contribution in [0.3, 0.4) is 0 Å². The minimum atomic E-state index is -1.15. The van der Waals surface area contributed by atoms with Crippen LogP contribution in [-0.2, 0) is 16.1 Å². The van der Waals surface area contributed by atoms with Gasteiger partial charge in [-0.1, -0.05) is 30.3 Å². The van der Waals surface area contributed by atoms with Gasteiger partial charge in [0.05, 0.1) is 12.6 Å². The molecule has 4 nitrogen and oxygen atoms in total. The quantitative estimate of drug-likeness (QED) is 0.844. The Kier molecular flexibility index (Phi) is 4.74.